The van der Waals surface area contributed by atoms with Crippen molar-refractivity contribution in [2.24, 2.45) is 5.41 Å². The Balaban J connectivity index is 0.000000917. The van der Waals surface area contributed by atoms with Gasteiger partial charge in [0.15, 0.2) is 5.82 Å². The van der Waals surface area contributed by atoms with Gasteiger partial charge in [0, 0.05) is 30.7 Å². The highest BCUT2D eigenvalue weighted by molar-refractivity contribution is 5.91. The Morgan fingerprint density at radius 1 is 1.17 bits per heavy atom. The molecule has 3 aromatic rings. The lowest BCUT2D eigenvalue weighted by atomic mass is 9.78. The van der Waals surface area contributed by atoms with Crippen LogP contribution in [0.3, 0.4) is 0 Å². The summed E-state index contributed by atoms with van der Waals surface area (Å²) in [7, 11) is 2.16. The molecule has 2 fully saturated rings. The number of aromatic nitrogens is 5. The highest BCUT2D eigenvalue weighted by Crippen LogP contribution is 2.41. The van der Waals surface area contributed by atoms with Crippen molar-refractivity contribution in [3.05, 3.63) is 29.8 Å². The Hall–Kier alpha value is -3.28. The molecule has 0 unspecified atom stereocenters. The summed E-state index contributed by atoms with van der Waals surface area (Å²) in [5, 5.41) is 14.5. The first kappa shape index (κ1) is 24.8. The van der Waals surface area contributed by atoms with Gasteiger partial charge in [-0.05, 0) is 51.3 Å². The fraction of sp³-hybridized carbons (Fsp3) is 0.522. The summed E-state index contributed by atoms with van der Waals surface area (Å²) in [6, 6.07) is 1.50. The number of hydrogen-bond acceptors (Lipinski definition) is 7. The van der Waals surface area contributed by atoms with Crippen molar-refractivity contribution in [3.8, 4) is 11.4 Å². The Kier molecular flexibility index (Phi) is 6.93. The van der Waals surface area contributed by atoms with E-state index in [1.54, 1.807) is 6.20 Å². The van der Waals surface area contributed by atoms with Gasteiger partial charge >= 0.3 is 6.18 Å². The maximum Gasteiger partial charge on any atom is 0.394 e. The second-order valence-corrected chi connectivity index (χ2v) is 9.34. The molecule has 5 heterocycles. The van der Waals surface area contributed by atoms with Crippen molar-refractivity contribution < 1.29 is 23.1 Å². The van der Waals surface area contributed by atoms with Crippen molar-refractivity contribution in [1.82, 2.24) is 30.0 Å². The number of aryl methyl sites for hydroxylation is 1. The number of hydrogen-bond donors (Lipinski definition) is 2. The number of rotatable bonds is 3. The number of nitrogens with one attached hydrogen (secondary N) is 1. The number of nitrogens with zero attached hydrogens (tertiary/aromatic N) is 6. The number of halogens is 3. The minimum atomic E-state index is -4.32. The van der Waals surface area contributed by atoms with Gasteiger partial charge in [-0.3, -0.25) is 14.9 Å². The molecule has 2 aliphatic rings. The molecule has 0 aliphatic carbocycles. The van der Waals surface area contributed by atoms with Crippen LogP contribution in [0, 0.1) is 12.3 Å². The topological polar surface area (TPSA) is 111 Å². The molecule has 0 bridgehead atoms. The van der Waals surface area contributed by atoms with Crippen LogP contribution in [0.15, 0.2) is 18.5 Å². The third kappa shape index (κ3) is 5.53. The second kappa shape index (κ2) is 9.76. The summed E-state index contributed by atoms with van der Waals surface area (Å²) in [5.74, 6) is 1.18. The lowest BCUT2D eigenvalue weighted by molar-refractivity contribution is -0.128. The van der Waals surface area contributed by atoms with Gasteiger partial charge in [-0.1, -0.05) is 0 Å². The molecule has 1 spiro atoms. The van der Waals surface area contributed by atoms with Crippen LogP contribution < -0.4 is 4.90 Å². The zero-order valence-corrected chi connectivity index (χ0v) is 19.6. The van der Waals surface area contributed by atoms with Gasteiger partial charge in [-0.2, -0.15) is 18.3 Å². The normalized spacial score (nSPS) is 18.0. The molecule has 2 aliphatic heterocycles. The summed E-state index contributed by atoms with van der Waals surface area (Å²) in [4.78, 5) is 26.4. The maximum atomic E-state index is 13.0. The number of carbonyl (C=O) groups is 1. The highest BCUT2D eigenvalue weighted by atomic mass is 19.4. The van der Waals surface area contributed by atoms with Gasteiger partial charge in [0.1, 0.15) is 5.82 Å². The summed E-state index contributed by atoms with van der Waals surface area (Å²) in [5.41, 5.74) is 2.47. The Bertz CT molecular complexity index is 1190. The molecule has 0 amide bonds. The molecule has 2 saturated heterocycles. The van der Waals surface area contributed by atoms with E-state index < -0.39 is 12.6 Å². The quantitative estimate of drug-likeness (QED) is 0.536. The van der Waals surface area contributed by atoms with E-state index in [2.05, 4.69) is 37.0 Å². The second-order valence-electron chi connectivity index (χ2n) is 9.34. The maximum absolute atomic E-state index is 13.0. The third-order valence-corrected chi connectivity index (χ3v) is 6.82. The molecule has 2 N–H and O–H groups in total. The van der Waals surface area contributed by atoms with Crippen LogP contribution in [-0.2, 0) is 11.2 Å². The van der Waals surface area contributed by atoms with Crippen LogP contribution in [-0.4, -0.2) is 81.0 Å². The minimum Gasteiger partial charge on any atom is -0.483 e. The molecule has 0 saturated carbocycles. The lowest BCUT2D eigenvalue weighted by Crippen LogP contribution is -2.41. The molecule has 3 aromatic heterocycles. The molecule has 12 heteroatoms. The number of anilines is 1. The third-order valence-electron chi connectivity index (χ3n) is 6.82. The molecule has 188 valence electrons. The van der Waals surface area contributed by atoms with E-state index >= 15 is 0 Å². The number of aromatic amines is 1. The van der Waals surface area contributed by atoms with Gasteiger partial charge in [0.2, 0.25) is 0 Å². The van der Waals surface area contributed by atoms with Gasteiger partial charge < -0.3 is 14.9 Å². The number of H-pyrrole nitrogens is 1. The van der Waals surface area contributed by atoms with Crippen LogP contribution in [0.25, 0.3) is 22.3 Å². The SMILES string of the molecule is Cc1[nH]ncc1-c1nc(N2CCC3(CCN(C)C3)CC2)c2cc(CC(F)(F)F)ncc2n1.O=CO. The van der Waals surface area contributed by atoms with E-state index in [0.29, 0.717) is 28.0 Å². The van der Waals surface area contributed by atoms with Crippen molar-refractivity contribution in [1.29, 1.82) is 0 Å². The Labute approximate surface area is 200 Å². The van der Waals surface area contributed by atoms with Crippen LogP contribution in [0.5, 0.6) is 0 Å². The number of pyridine rings is 1. The van der Waals surface area contributed by atoms with Crippen LogP contribution in [0.1, 0.15) is 30.7 Å². The first-order valence-corrected chi connectivity index (χ1v) is 11.4. The van der Waals surface area contributed by atoms with Crippen molar-refractivity contribution in [3.63, 3.8) is 0 Å². The Morgan fingerprint density at radius 3 is 2.43 bits per heavy atom. The first-order valence-electron chi connectivity index (χ1n) is 11.4. The lowest BCUT2D eigenvalue weighted by Gasteiger charge is -2.40. The number of piperidine rings is 1. The highest BCUT2D eigenvalue weighted by Gasteiger charge is 2.40. The fourth-order valence-corrected chi connectivity index (χ4v) is 5.06. The summed E-state index contributed by atoms with van der Waals surface area (Å²) < 4.78 is 39.0. The van der Waals surface area contributed by atoms with E-state index in [-0.39, 0.29) is 12.2 Å². The number of fused-ring (bicyclic) bond motifs is 1. The zero-order valence-electron chi connectivity index (χ0n) is 19.6. The Morgan fingerprint density at radius 2 is 1.86 bits per heavy atom. The standard InChI is InChI=1S/C22H26F3N7.CH2O2/c1-14-17(11-27-30-14)19-28-18-12-26-15(10-22(23,24)25)9-16(18)20(29-19)32-7-4-21(5-8-32)3-6-31(2)13-21;2-1-3/h9,11-12H,3-8,10,13H2,1-2H3,(H,27,30);1H,(H,2,3). The number of alkyl halides is 3. The molecule has 0 aromatic carbocycles. The molecule has 9 nitrogen and oxygen atoms in total. The van der Waals surface area contributed by atoms with Gasteiger partial charge in [0.25, 0.3) is 6.47 Å². The molecular formula is C23H28F3N7O2. The molecular weight excluding hydrogens is 463 g/mol. The van der Waals surface area contributed by atoms with E-state index in [1.807, 2.05) is 6.92 Å². The molecule has 35 heavy (non-hydrogen) atoms. The minimum absolute atomic E-state index is 0.0204. The largest absolute Gasteiger partial charge is 0.483 e. The smallest absolute Gasteiger partial charge is 0.394 e. The first-order chi connectivity index (χ1) is 16.6. The average Bonchev–Trinajstić information content (AvgIpc) is 3.38. The summed E-state index contributed by atoms with van der Waals surface area (Å²) in [6.07, 6.45) is 0.999. The van der Waals surface area contributed by atoms with E-state index in [0.717, 1.165) is 50.3 Å². The van der Waals surface area contributed by atoms with Gasteiger partial charge in [-0.25, -0.2) is 9.97 Å². The fourth-order valence-electron chi connectivity index (χ4n) is 5.06. The van der Waals surface area contributed by atoms with Gasteiger partial charge in [-0.15, -0.1) is 0 Å². The van der Waals surface area contributed by atoms with E-state index in [4.69, 9.17) is 14.9 Å². The zero-order chi connectivity index (χ0) is 25.2. The van der Waals surface area contributed by atoms with Crippen molar-refractivity contribution in [2.75, 3.05) is 38.1 Å². The predicted molar refractivity (Wildman–Crippen MR) is 124 cm³/mol. The predicted octanol–water partition coefficient (Wildman–Crippen LogP) is 3.45. The summed E-state index contributed by atoms with van der Waals surface area (Å²) in [6.45, 7) is 5.50. The average molecular weight is 492 g/mol. The van der Waals surface area contributed by atoms with Crippen LogP contribution >= 0.6 is 0 Å². The van der Waals surface area contributed by atoms with Crippen LogP contribution in [0.4, 0.5) is 19.0 Å². The monoisotopic (exact) mass is 491 g/mol. The van der Waals surface area contributed by atoms with Gasteiger partial charge in [0.05, 0.1) is 35.6 Å². The van der Waals surface area contributed by atoms with Crippen LogP contribution in [0.2, 0.25) is 0 Å². The molecule has 0 radical (unpaired) electrons. The van der Waals surface area contributed by atoms with E-state index in [9.17, 15) is 13.2 Å². The van der Waals surface area contributed by atoms with Crippen molar-refractivity contribution >= 4 is 23.2 Å². The summed E-state index contributed by atoms with van der Waals surface area (Å²) >= 11 is 0. The molecule has 0 atom stereocenters. The van der Waals surface area contributed by atoms with E-state index in [1.165, 1.54) is 18.7 Å². The molecule has 5 rings (SSSR count). The van der Waals surface area contributed by atoms with Crippen molar-refractivity contribution in [2.45, 2.75) is 38.8 Å². The number of carboxylic acid groups (broad SMARTS) is 1. The number of likely N-dealkylation sites (tertiary alicyclic amines) is 1.